The fourth-order valence-corrected chi connectivity index (χ4v) is 12.4. The van der Waals surface area contributed by atoms with E-state index in [1.807, 2.05) is 19.9 Å². The predicted octanol–water partition coefficient (Wildman–Crippen LogP) is 3.51. The SMILES string of the molecule is CC(C)Nc1nc(-c2ccc(NCCN3CCN(C)CC3)c(S(=O)(=O)CC3CC3Nc3nc(-c4ccc(NCCCN5CCN(C)CC5)c(S(C)(=O)=O)c4)cc4ncn(C)c(=O)c34)c2)cc2ncn(C)c(=O)c12. The lowest BCUT2D eigenvalue weighted by Gasteiger charge is -2.32. The first-order valence-electron chi connectivity index (χ1n) is 25.1. The highest BCUT2D eigenvalue weighted by atomic mass is 32.2. The maximum Gasteiger partial charge on any atom is 0.264 e. The average Bonchev–Trinajstić information content (AvgIpc) is 4.08. The monoisotopic (exact) mass is 1040 g/mol. The molecule has 3 aliphatic rings. The number of hydrogen-bond acceptors (Lipinski definition) is 18. The molecular formula is C51H68N14O6S2. The number of aromatic nitrogens is 6. The van der Waals surface area contributed by atoms with Gasteiger partial charge in [0.1, 0.15) is 22.4 Å². The average molecular weight is 1040 g/mol. The Bertz CT molecular complexity index is 3370. The van der Waals surface area contributed by atoms with Gasteiger partial charge in [-0.2, -0.15) is 0 Å². The van der Waals surface area contributed by atoms with E-state index < -0.39 is 19.7 Å². The smallest absolute Gasteiger partial charge is 0.264 e. The van der Waals surface area contributed by atoms with Gasteiger partial charge in [0.15, 0.2) is 19.7 Å². The van der Waals surface area contributed by atoms with Crippen LogP contribution in [0.5, 0.6) is 0 Å². The fraction of sp³-hybridized carbons (Fsp3) is 0.490. The number of nitrogens with zero attached hydrogens (tertiary/aromatic N) is 10. The molecule has 6 heterocycles. The molecule has 2 aliphatic heterocycles. The Labute approximate surface area is 427 Å². The first kappa shape index (κ1) is 51.8. The van der Waals surface area contributed by atoms with Gasteiger partial charge in [0, 0.05) is 116 Å². The van der Waals surface area contributed by atoms with Crippen molar-refractivity contribution in [3.63, 3.8) is 0 Å². The lowest BCUT2D eigenvalue weighted by Crippen LogP contribution is -2.45. The van der Waals surface area contributed by atoms with E-state index in [4.69, 9.17) is 9.97 Å². The van der Waals surface area contributed by atoms with Crippen LogP contribution in [0.1, 0.15) is 26.7 Å². The van der Waals surface area contributed by atoms with Gasteiger partial charge < -0.3 is 45.1 Å². The largest absolute Gasteiger partial charge is 0.384 e. The van der Waals surface area contributed by atoms with Gasteiger partial charge in [0.25, 0.3) is 11.1 Å². The standard InChI is InChI=1S/C51H68N14O6S2/c1-33(2)56-48-46-42(54-31-62(5)50(46)66)29-41(58-48)35-10-12-38(53-14-16-65-23-19-61(4)20-24-65)45(27-35)73(70,71)30-36-25-39(36)57-49-47-43(55-32-63(6)51(47)67)28-40(59-49)34-9-11-37(44(26-34)72(7,68)69)52-13-8-15-64-21-17-60(3)18-22-64/h9-12,26-29,31-33,36,39,52-53H,8,13-25,30H2,1-7H3,(H,56,58)(H,57,59). The first-order valence-corrected chi connectivity index (χ1v) is 28.6. The molecule has 2 aromatic carbocycles. The third kappa shape index (κ3) is 12.0. The van der Waals surface area contributed by atoms with Crippen molar-refractivity contribution in [2.45, 2.75) is 48.6 Å². The topological polar surface area (TPSA) is 225 Å². The van der Waals surface area contributed by atoms with Crippen molar-refractivity contribution >= 4 is 64.5 Å². The molecular weight excluding hydrogens is 969 g/mol. The minimum Gasteiger partial charge on any atom is -0.384 e. The van der Waals surface area contributed by atoms with Crippen LogP contribution in [0.25, 0.3) is 44.3 Å². The maximum absolute atomic E-state index is 14.8. The molecule has 2 saturated heterocycles. The van der Waals surface area contributed by atoms with Crippen molar-refractivity contribution in [1.29, 1.82) is 0 Å². The number of nitrogens with one attached hydrogen (secondary N) is 4. The summed E-state index contributed by atoms with van der Waals surface area (Å²) in [6.07, 6.45) is 5.41. The quantitative estimate of drug-likeness (QED) is 0.0852. The highest BCUT2D eigenvalue weighted by Crippen LogP contribution is 2.40. The van der Waals surface area contributed by atoms with Crippen LogP contribution >= 0.6 is 0 Å². The van der Waals surface area contributed by atoms with Gasteiger partial charge in [-0.25, -0.2) is 36.8 Å². The highest BCUT2D eigenvalue weighted by molar-refractivity contribution is 7.91. The Kier molecular flexibility index (Phi) is 15.2. The van der Waals surface area contributed by atoms with Crippen LogP contribution < -0.4 is 32.4 Å². The van der Waals surface area contributed by atoms with E-state index >= 15 is 0 Å². The molecule has 20 nitrogen and oxygen atoms in total. The van der Waals surface area contributed by atoms with E-state index in [-0.39, 0.29) is 55.9 Å². The van der Waals surface area contributed by atoms with E-state index in [2.05, 4.69) is 64.9 Å². The molecule has 2 unspecified atom stereocenters. The molecule has 1 saturated carbocycles. The van der Waals surface area contributed by atoms with Crippen molar-refractivity contribution in [3.05, 3.63) is 81.9 Å². The Hall–Kier alpha value is -6.04. The van der Waals surface area contributed by atoms with Crippen molar-refractivity contribution in [2.24, 2.45) is 20.0 Å². The molecule has 3 fully saturated rings. The second-order valence-electron chi connectivity index (χ2n) is 20.3. The maximum atomic E-state index is 14.8. The lowest BCUT2D eigenvalue weighted by atomic mass is 10.1. The molecule has 0 bridgehead atoms. The molecule has 73 heavy (non-hydrogen) atoms. The predicted molar refractivity (Wildman–Crippen MR) is 289 cm³/mol. The minimum atomic E-state index is -3.98. The Balaban J connectivity index is 0.983. The lowest BCUT2D eigenvalue weighted by molar-refractivity contribution is 0.154. The van der Waals surface area contributed by atoms with Gasteiger partial charge >= 0.3 is 0 Å². The summed E-state index contributed by atoms with van der Waals surface area (Å²) in [4.78, 5) is 55.6. The van der Waals surface area contributed by atoms with Crippen LogP contribution in [0.15, 0.2) is 80.6 Å². The molecule has 6 aromatic rings. The van der Waals surface area contributed by atoms with Crippen molar-refractivity contribution in [2.75, 3.05) is 126 Å². The van der Waals surface area contributed by atoms with Crippen LogP contribution in [0.4, 0.5) is 23.0 Å². The summed E-state index contributed by atoms with van der Waals surface area (Å²) in [7, 11) is -0.185. The van der Waals surface area contributed by atoms with Crippen molar-refractivity contribution in [1.82, 2.24) is 48.7 Å². The van der Waals surface area contributed by atoms with Crippen LogP contribution in [0.3, 0.4) is 0 Å². The number of rotatable bonds is 19. The van der Waals surface area contributed by atoms with Crippen molar-refractivity contribution in [3.8, 4) is 22.5 Å². The molecule has 0 amide bonds. The van der Waals surface area contributed by atoms with Gasteiger partial charge in [-0.15, -0.1) is 0 Å². The fourth-order valence-electron chi connectivity index (χ4n) is 9.61. The van der Waals surface area contributed by atoms with Crippen LogP contribution in [0, 0.1) is 5.92 Å². The van der Waals surface area contributed by atoms with Gasteiger partial charge in [-0.1, -0.05) is 12.1 Å². The molecule has 4 N–H and O–H groups in total. The summed E-state index contributed by atoms with van der Waals surface area (Å²) in [6.45, 7) is 14.5. The Morgan fingerprint density at radius 1 is 0.644 bits per heavy atom. The second kappa shape index (κ2) is 21.4. The summed E-state index contributed by atoms with van der Waals surface area (Å²) in [5, 5.41) is 14.1. The summed E-state index contributed by atoms with van der Waals surface area (Å²) in [5.74, 6) is 0.0690. The molecule has 9 rings (SSSR count). The zero-order valence-corrected chi connectivity index (χ0v) is 44.5. The number of aryl methyl sites for hydroxylation is 2. The van der Waals surface area contributed by atoms with E-state index in [0.29, 0.717) is 75.6 Å². The number of anilines is 4. The first-order chi connectivity index (χ1) is 34.8. The molecule has 4 aromatic heterocycles. The normalized spacial score (nSPS) is 18.4. The van der Waals surface area contributed by atoms with E-state index in [1.54, 1.807) is 56.6 Å². The zero-order valence-electron chi connectivity index (χ0n) is 42.9. The van der Waals surface area contributed by atoms with Gasteiger partial charge in [-0.3, -0.25) is 14.5 Å². The summed E-state index contributed by atoms with van der Waals surface area (Å²) < 4.78 is 59.0. The number of fused-ring (bicyclic) bond motifs is 2. The van der Waals surface area contributed by atoms with Gasteiger partial charge in [0.05, 0.1) is 62.0 Å². The molecule has 390 valence electrons. The number of sulfone groups is 2. The Morgan fingerprint density at radius 3 is 1.71 bits per heavy atom. The number of likely N-dealkylation sites (N-methyl/N-ethyl adjacent to an activating group) is 2. The third-order valence-corrected chi connectivity index (χ3v) is 17.1. The summed E-state index contributed by atoms with van der Waals surface area (Å²) in [6, 6.07) is 13.4. The van der Waals surface area contributed by atoms with E-state index in [0.717, 1.165) is 71.9 Å². The molecule has 1 aliphatic carbocycles. The molecule has 0 radical (unpaired) electrons. The third-order valence-electron chi connectivity index (χ3n) is 14.1. The summed E-state index contributed by atoms with van der Waals surface area (Å²) >= 11 is 0. The molecule has 0 spiro atoms. The van der Waals surface area contributed by atoms with E-state index in [1.165, 1.54) is 28.0 Å². The van der Waals surface area contributed by atoms with Crippen LogP contribution in [0.2, 0.25) is 0 Å². The number of pyridine rings is 2. The minimum absolute atomic E-state index is 0.0529. The molecule has 22 heteroatoms. The second-order valence-corrected chi connectivity index (χ2v) is 24.3. The van der Waals surface area contributed by atoms with Gasteiger partial charge in [-0.05, 0) is 89.6 Å². The Morgan fingerprint density at radius 2 is 1.15 bits per heavy atom. The number of piperazine rings is 2. The number of hydrogen-bond donors (Lipinski definition) is 4. The van der Waals surface area contributed by atoms with Crippen LogP contribution in [-0.2, 0) is 33.8 Å². The molecule has 2 atom stereocenters. The number of benzene rings is 2. The highest BCUT2D eigenvalue weighted by Gasteiger charge is 2.42. The summed E-state index contributed by atoms with van der Waals surface area (Å²) in [5.41, 5.74) is 3.12. The zero-order chi connectivity index (χ0) is 51.8. The van der Waals surface area contributed by atoms with Crippen molar-refractivity contribution < 1.29 is 16.8 Å². The van der Waals surface area contributed by atoms with Crippen LogP contribution in [-0.4, -0.2) is 182 Å². The van der Waals surface area contributed by atoms with Gasteiger partial charge in [0.2, 0.25) is 0 Å². The van der Waals surface area contributed by atoms with E-state index in [9.17, 15) is 26.4 Å².